The highest BCUT2D eigenvalue weighted by Gasteiger charge is 2.18. The fraction of sp³-hybridized carbons (Fsp3) is 0.350. The highest BCUT2D eigenvalue weighted by molar-refractivity contribution is 7.89. The largest absolute Gasteiger partial charge is 0.491 e. The van der Waals surface area contributed by atoms with Crippen LogP contribution in [0.1, 0.15) is 36.7 Å². The van der Waals surface area contributed by atoms with Crippen LogP contribution in [0.15, 0.2) is 47.4 Å². The lowest BCUT2D eigenvalue weighted by atomic mass is 10.1. The lowest BCUT2D eigenvalue weighted by molar-refractivity contribution is 0.0950. The molecular weight excluding hydrogens is 383 g/mol. The van der Waals surface area contributed by atoms with Gasteiger partial charge in [0.25, 0.3) is 5.91 Å². The van der Waals surface area contributed by atoms with Crippen LogP contribution in [-0.4, -0.2) is 33.5 Å². The SMILES string of the molecule is CCNS(=O)(=O)c1ccc(F)c(C(=O)NCCc2ccc(OC(C)C)cc2)c1. The van der Waals surface area contributed by atoms with E-state index >= 15 is 0 Å². The Hall–Kier alpha value is -2.45. The Balaban J connectivity index is 1.99. The zero-order valence-electron chi connectivity index (χ0n) is 16.2. The van der Waals surface area contributed by atoms with Crippen molar-refractivity contribution in [2.75, 3.05) is 13.1 Å². The molecule has 0 fully saturated rings. The Morgan fingerprint density at radius 3 is 2.43 bits per heavy atom. The molecule has 0 aliphatic heterocycles. The zero-order chi connectivity index (χ0) is 20.7. The van der Waals surface area contributed by atoms with E-state index < -0.39 is 21.7 Å². The summed E-state index contributed by atoms with van der Waals surface area (Å²) in [5.41, 5.74) is 0.681. The molecule has 2 rings (SSSR count). The second-order valence-corrected chi connectivity index (χ2v) is 8.23. The fourth-order valence-electron chi connectivity index (χ4n) is 2.54. The monoisotopic (exact) mass is 408 g/mol. The average molecular weight is 408 g/mol. The van der Waals surface area contributed by atoms with E-state index in [4.69, 9.17) is 4.74 Å². The third-order valence-electron chi connectivity index (χ3n) is 3.82. The van der Waals surface area contributed by atoms with Gasteiger partial charge < -0.3 is 10.1 Å². The number of nitrogens with one attached hydrogen (secondary N) is 2. The van der Waals surface area contributed by atoms with Gasteiger partial charge in [0.1, 0.15) is 11.6 Å². The van der Waals surface area contributed by atoms with Gasteiger partial charge in [0.15, 0.2) is 0 Å². The van der Waals surface area contributed by atoms with E-state index in [-0.39, 0.29) is 29.7 Å². The highest BCUT2D eigenvalue weighted by atomic mass is 32.2. The maximum Gasteiger partial charge on any atom is 0.254 e. The topological polar surface area (TPSA) is 84.5 Å². The van der Waals surface area contributed by atoms with Gasteiger partial charge in [-0.1, -0.05) is 19.1 Å². The minimum absolute atomic E-state index is 0.0899. The molecule has 0 unspecified atom stereocenters. The van der Waals surface area contributed by atoms with E-state index in [0.29, 0.717) is 6.42 Å². The molecule has 0 saturated heterocycles. The summed E-state index contributed by atoms with van der Waals surface area (Å²) in [7, 11) is -3.77. The Labute approximate surface area is 165 Å². The lowest BCUT2D eigenvalue weighted by Crippen LogP contribution is -2.28. The van der Waals surface area contributed by atoms with Crippen molar-refractivity contribution in [2.45, 2.75) is 38.2 Å². The first-order valence-corrected chi connectivity index (χ1v) is 10.5. The van der Waals surface area contributed by atoms with Crippen molar-refractivity contribution < 1.29 is 22.3 Å². The molecule has 6 nitrogen and oxygen atoms in total. The maximum atomic E-state index is 14.0. The second kappa shape index (κ2) is 9.66. The molecular formula is C20H25FN2O4S. The number of carbonyl (C=O) groups is 1. The van der Waals surface area contributed by atoms with Gasteiger partial charge in [-0.25, -0.2) is 17.5 Å². The van der Waals surface area contributed by atoms with Crippen LogP contribution in [0.3, 0.4) is 0 Å². The summed E-state index contributed by atoms with van der Waals surface area (Å²) in [6.07, 6.45) is 0.636. The van der Waals surface area contributed by atoms with Crippen LogP contribution >= 0.6 is 0 Å². The summed E-state index contributed by atoms with van der Waals surface area (Å²) in [6.45, 7) is 6.01. The van der Waals surface area contributed by atoms with E-state index in [1.807, 2.05) is 38.1 Å². The summed E-state index contributed by atoms with van der Waals surface area (Å²) in [6, 6.07) is 10.7. The smallest absolute Gasteiger partial charge is 0.254 e. The molecule has 28 heavy (non-hydrogen) atoms. The first kappa shape index (κ1) is 21.8. The van der Waals surface area contributed by atoms with Crippen LogP contribution in [0.5, 0.6) is 5.75 Å². The molecule has 0 heterocycles. The van der Waals surface area contributed by atoms with Crippen molar-refractivity contribution in [3.05, 3.63) is 59.4 Å². The number of rotatable bonds is 9. The van der Waals surface area contributed by atoms with Crippen LogP contribution in [0.2, 0.25) is 0 Å². The summed E-state index contributed by atoms with van der Waals surface area (Å²) >= 11 is 0. The fourth-order valence-corrected chi connectivity index (χ4v) is 3.61. The molecule has 1 amide bonds. The molecule has 0 bridgehead atoms. The number of benzene rings is 2. The van der Waals surface area contributed by atoms with E-state index in [0.717, 1.165) is 29.5 Å². The van der Waals surface area contributed by atoms with Gasteiger partial charge in [-0.2, -0.15) is 0 Å². The van der Waals surface area contributed by atoms with Crippen molar-refractivity contribution in [3.63, 3.8) is 0 Å². The number of carbonyl (C=O) groups excluding carboxylic acids is 1. The van der Waals surface area contributed by atoms with Gasteiger partial charge in [-0.3, -0.25) is 4.79 Å². The number of ether oxygens (including phenoxy) is 1. The molecule has 152 valence electrons. The highest BCUT2D eigenvalue weighted by Crippen LogP contribution is 2.16. The Bertz CT molecular complexity index is 912. The summed E-state index contributed by atoms with van der Waals surface area (Å²) in [4.78, 5) is 12.1. The van der Waals surface area contributed by atoms with Gasteiger partial charge in [0.2, 0.25) is 10.0 Å². The van der Waals surface area contributed by atoms with Crippen molar-refractivity contribution in [1.82, 2.24) is 10.0 Å². The summed E-state index contributed by atoms with van der Waals surface area (Å²) in [5.74, 6) is -0.669. The standard InChI is InChI=1S/C20H25FN2O4S/c1-4-23-28(25,26)17-9-10-19(21)18(13-17)20(24)22-12-11-15-5-7-16(8-6-15)27-14(2)3/h5-10,13-14,23H,4,11-12H2,1-3H3,(H,22,24). The molecule has 2 N–H and O–H groups in total. The van der Waals surface area contributed by atoms with Gasteiger partial charge >= 0.3 is 0 Å². The summed E-state index contributed by atoms with van der Waals surface area (Å²) < 4.78 is 46.0. The van der Waals surface area contributed by atoms with E-state index in [9.17, 15) is 17.6 Å². The molecule has 0 aliphatic carbocycles. The van der Waals surface area contributed by atoms with Crippen LogP contribution in [0, 0.1) is 5.82 Å². The molecule has 2 aromatic rings. The number of hydrogen-bond donors (Lipinski definition) is 2. The van der Waals surface area contributed by atoms with E-state index in [1.54, 1.807) is 6.92 Å². The lowest BCUT2D eigenvalue weighted by Gasteiger charge is -2.11. The molecule has 0 radical (unpaired) electrons. The molecule has 0 aliphatic rings. The van der Waals surface area contributed by atoms with Crippen molar-refractivity contribution in [3.8, 4) is 5.75 Å². The number of sulfonamides is 1. The van der Waals surface area contributed by atoms with Crippen molar-refractivity contribution >= 4 is 15.9 Å². The number of halogens is 1. The molecule has 2 aromatic carbocycles. The van der Waals surface area contributed by atoms with Gasteiger partial charge in [0, 0.05) is 13.1 Å². The van der Waals surface area contributed by atoms with Crippen LogP contribution < -0.4 is 14.8 Å². The third kappa shape index (κ3) is 6.03. The van der Waals surface area contributed by atoms with Crippen molar-refractivity contribution in [1.29, 1.82) is 0 Å². The number of amides is 1. The maximum absolute atomic E-state index is 14.0. The minimum atomic E-state index is -3.77. The second-order valence-electron chi connectivity index (χ2n) is 6.46. The molecule has 0 aromatic heterocycles. The van der Waals surface area contributed by atoms with Gasteiger partial charge in [-0.15, -0.1) is 0 Å². The predicted molar refractivity (Wildman–Crippen MR) is 106 cm³/mol. The van der Waals surface area contributed by atoms with Crippen LogP contribution in [0.25, 0.3) is 0 Å². The Morgan fingerprint density at radius 1 is 1.14 bits per heavy atom. The Morgan fingerprint density at radius 2 is 1.82 bits per heavy atom. The first-order valence-electron chi connectivity index (χ1n) is 9.06. The first-order chi connectivity index (χ1) is 13.2. The van der Waals surface area contributed by atoms with E-state index in [1.165, 1.54) is 0 Å². The number of hydrogen-bond acceptors (Lipinski definition) is 4. The van der Waals surface area contributed by atoms with E-state index in [2.05, 4.69) is 10.0 Å². The molecule has 8 heteroatoms. The van der Waals surface area contributed by atoms with Crippen LogP contribution in [0.4, 0.5) is 4.39 Å². The normalized spacial score (nSPS) is 11.5. The predicted octanol–water partition coefficient (Wildman–Crippen LogP) is 2.88. The molecule has 0 atom stereocenters. The van der Waals surface area contributed by atoms with Crippen molar-refractivity contribution in [2.24, 2.45) is 0 Å². The quantitative estimate of drug-likeness (QED) is 0.668. The zero-order valence-corrected chi connectivity index (χ0v) is 17.0. The summed E-state index contributed by atoms with van der Waals surface area (Å²) in [5, 5.41) is 2.62. The average Bonchev–Trinajstić information content (AvgIpc) is 2.62. The minimum Gasteiger partial charge on any atom is -0.491 e. The van der Waals surface area contributed by atoms with Crippen LogP contribution in [-0.2, 0) is 16.4 Å². The van der Waals surface area contributed by atoms with Gasteiger partial charge in [-0.05, 0) is 56.2 Å². The molecule has 0 spiro atoms. The Kier molecular flexibility index (Phi) is 7.53. The third-order valence-corrected chi connectivity index (χ3v) is 5.36. The molecule has 0 saturated carbocycles. The van der Waals surface area contributed by atoms with Gasteiger partial charge in [0.05, 0.1) is 16.6 Å².